The number of aryl methyl sites for hydroxylation is 3. The van der Waals surface area contributed by atoms with Crippen molar-refractivity contribution >= 4 is 34.4 Å². The van der Waals surface area contributed by atoms with E-state index in [1.807, 2.05) is 50.2 Å². The second kappa shape index (κ2) is 11.3. The third-order valence-electron chi connectivity index (χ3n) is 7.78. The van der Waals surface area contributed by atoms with Gasteiger partial charge in [0.2, 0.25) is 5.91 Å². The zero-order chi connectivity index (χ0) is 28.6. The fourth-order valence-corrected chi connectivity index (χ4v) is 5.91. The fraction of sp³-hybridized carbons (Fsp3) is 0.312. The molecule has 206 valence electrons. The van der Waals surface area contributed by atoms with Crippen molar-refractivity contribution in [1.29, 1.82) is 0 Å². The lowest BCUT2D eigenvalue weighted by Gasteiger charge is -2.40. The van der Waals surface area contributed by atoms with E-state index in [0.29, 0.717) is 47.2 Å². The molecule has 0 bridgehead atoms. The van der Waals surface area contributed by atoms with Crippen molar-refractivity contribution in [3.05, 3.63) is 93.4 Å². The highest BCUT2D eigenvalue weighted by molar-refractivity contribution is 6.34. The minimum Gasteiger partial charge on any atom is -0.350 e. The summed E-state index contributed by atoms with van der Waals surface area (Å²) in [6.45, 7) is 13.4. The number of para-hydroxylation sites is 1. The molecular formula is C32H34ClN5O2. The molecule has 1 atom stereocenters. The van der Waals surface area contributed by atoms with Gasteiger partial charge in [0.25, 0.3) is 0 Å². The van der Waals surface area contributed by atoms with Gasteiger partial charge in [-0.05, 0) is 55.5 Å². The molecular weight excluding hydrogens is 522 g/mol. The molecule has 0 spiro atoms. The predicted molar refractivity (Wildman–Crippen MR) is 163 cm³/mol. The Labute approximate surface area is 239 Å². The second-order valence-electron chi connectivity index (χ2n) is 10.2. The van der Waals surface area contributed by atoms with Crippen LogP contribution in [0.4, 0.5) is 5.82 Å². The molecule has 1 aliphatic rings. The number of carbonyl (C=O) groups excluding carboxylic acids is 1. The first-order chi connectivity index (χ1) is 19.3. The maximum Gasteiger partial charge on any atom is 0.355 e. The molecule has 4 aromatic rings. The minimum atomic E-state index is -0.388. The molecule has 0 N–H and O–H groups in total. The molecule has 2 aromatic carbocycles. The number of halogens is 1. The molecule has 0 radical (unpaired) electrons. The van der Waals surface area contributed by atoms with Crippen LogP contribution in [0.2, 0.25) is 5.02 Å². The van der Waals surface area contributed by atoms with Crippen molar-refractivity contribution in [2.75, 3.05) is 24.5 Å². The topological polar surface area (TPSA) is 71.3 Å². The Morgan fingerprint density at radius 3 is 2.40 bits per heavy atom. The Balaban J connectivity index is 1.81. The van der Waals surface area contributed by atoms with E-state index in [0.717, 1.165) is 40.8 Å². The van der Waals surface area contributed by atoms with Gasteiger partial charge < -0.3 is 9.80 Å². The summed E-state index contributed by atoms with van der Waals surface area (Å²) in [5, 5.41) is 1.19. The van der Waals surface area contributed by atoms with Crippen LogP contribution in [0.5, 0.6) is 0 Å². The Morgan fingerprint density at radius 1 is 1.07 bits per heavy atom. The summed E-state index contributed by atoms with van der Waals surface area (Å²) in [5.41, 5.74) is 5.65. The maximum absolute atomic E-state index is 14.0. The Kier molecular flexibility index (Phi) is 7.76. The number of amides is 1. The van der Waals surface area contributed by atoms with Gasteiger partial charge in [-0.2, -0.15) is 4.98 Å². The highest BCUT2D eigenvalue weighted by atomic mass is 35.5. The second-order valence-corrected chi connectivity index (χ2v) is 10.6. The largest absolute Gasteiger partial charge is 0.355 e. The monoisotopic (exact) mass is 555 g/mol. The van der Waals surface area contributed by atoms with Gasteiger partial charge in [-0.15, -0.1) is 0 Å². The summed E-state index contributed by atoms with van der Waals surface area (Å²) in [6.07, 6.45) is 2.85. The summed E-state index contributed by atoms with van der Waals surface area (Å²) in [7, 11) is 0. The van der Waals surface area contributed by atoms with E-state index in [2.05, 4.69) is 42.4 Å². The lowest BCUT2D eigenvalue weighted by Crippen LogP contribution is -2.54. The Bertz CT molecular complexity index is 1660. The third kappa shape index (κ3) is 4.79. The van der Waals surface area contributed by atoms with Crippen LogP contribution >= 0.6 is 11.6 Å². The first-order valence-corrected chi connectivity index (χ1v) is 14.1. The summed E-state index contributed by atoms with van der Waals surface area (Å²) in [5.74, 6) is 0.433. The third-order valence-corrected chi connectivity index (χ3v) is 8.06. The smallest absolute Gasteiger partial charge is 0.350 e. The molecule has 1 saturated heterocycles. The number of pyridine rings is 1. The van der Waals surface area contributed by atoms with Crippen LogP contribution in [-0.4, -0.2) is 51.0 Å². The standard InChI is InChI=1S/C32H34ClN5O2/c1-6-22-13-11-14-23(7-2)29(22)38-31-25(18-26(33)28(34-31)24-15-10-9-12-20(24)4)30(35-32(38)40)37-17-16-36(19-21(37)5)27(39)8-3/h8-15,18,21H,3,6-7,16-17,19H2,1-2,4-5H3/t21-/m0/s1. The first-order valence-electron chi connectivity index (χ1n) is 13.8. The van der Waals surface area contributed by atoms with E-state index in [4.69, 9.17) is 16.6 Å². The molecule has 8 heteroatoms. The minimum absolute atomic E-state index is 0.0763. The van der Waals surface area contributed by atoms with Crippen molar-refractivity contribution in [2.45, 2.75) is 46.6 Å². The molecule has 2 aromatic heterocycles. The number of hydrogen-bond acceptors (Lipinski definition) is 5. The number of hydrogen-bond donors (Lipinski definition) is 0. The van der Waals surface area contributed by atoms with E-state index in [9.17, 15) is 9.59 Å². The number of nitrogens with zero attached hydrogens (tertiary/aromatic N) is 5. The quantitative estimate of drug-likeness (QED) is 0.283. The average Bonchev–Trinajstić information content (AvgIpc) is 2.96. The molecule has 3 heterocycles. The number of fused-ring (bicyclic) bond motifs is 1. The predicted octanol–water partition coefficient (Wildman–Crippen LogP) is 5.76. The van der Waals surface area contributed by atoms with Crippen LogP contribution in [-0.2, 0) is 17.6 Å². The summed E-state index contributed by atoms with van der Waals surface area (Å²) in [6, 6.07) is 15.9. The average molecular weight is 556 g/mol. The maximum atomic E-state index is 14.0. The molecule has 1 amide bonds. The van der Waals surface area contributed by atoms with E-state index in [1.165, 1.54) is 6.08 Å². The first kappa shape index (κ1) is 27.6. The molecule has 0 unspecified atom stereocenters. The zero-order valence-corrected chi connectivity index (χ0v) is 24.2. The van der Waals surface area contributed by atoms with Crippen LogP contribution in [0.1, 0.15) is 37.5 Å². The highest BCUT2D eigenvalue weighted by Gasteiger charge is 2.30. The van der Waals surface area contributed by atoms with Crippen LogP contribution in [0.25, 0.3) is 28.0 Å². The molecule has 5 rings (SSSR count). The molecule has 0 aliphatic carbocycles. The van der Waals surface area contributed by atoms with Gasteiger partial charge in [0.05, 0.1) is 21.8 Å². The van der Waals surface area contributed by atoms with Crippen LogP contribution in [0.3, 0.4) is 0 Å². The van der Waals surface area contributed by atoms with Crippen molar-refractivity contribution in [1.82, 2.24) is 19.4 Å². The normalized spacial score (nSPS) is 15.5. The number of aromatic nitrogens is 3. The molecule has 40 heavy (non-hydrogen) atoms. The van der Waals surface area contributed by atoms with Gasteiger partial charge in [-0.25, -0.2) is 14.3 Å². The summed E-state index contributed by atoms with van der Waals surface area (Å²) < 4.78 is 1.66. The van der Waals surface area contributed by atoms with Gasteiger partial charge in [0.1, 0.15) is 5.82 Å². The van der Waals surface area contributed by atoms with E-state index in [1.54, 1.807) is 9.47 Å². The Hall–Kier alpha value is -3.97. The van der Waals surface area contributed by atoms with Gasteiger partial charge in [0.15, 0.2) is 5.65 Å². The number of benzene rings is 2. The van der Waals surface area contributed by atoms with Gasteiger partial charge in [0, 0.05) is 31.2 Å². The van der Waals surface area contributed by atoms with E-state index in [-0.39, 0.29) is 17.6 Å². The van der Waals surface area contributed by atoms with Gasteiger partial charge in [-0.3, -0.25) is 4.79 Å². The molecule has 0 saturated carbocycles. The number of piperazine rings is 1. The highest BCUT2D eigenvalue weighted by Crippen LogP contribution is 2.36. The number of rotatable bonds is 6. The van der Waals surface area contributed by atoms with Gasteiger partial charge in [-0.1, -0.05) is 74.5 Å². The molecule has 1 aliphatic heterocycles. The molecule has 7 nitrogen and oxygen atoms in total. The van der Waals surface area contributed by atoms with Crippen LogP contribution in [0.15, 0.2) is 66.0 Å². The van der Waals surface area contributed by atoms with Crippen molar-refractivity contribution in [3.63, 3.8) is 0 Å². The lowest BCUT2D eigenvalue weighted by atomic mass is 10.0. The summed E-state index contributed by atoms with van der Waals surface area (Å²) >= 11 is 6.94. The Morgan fingerprint density at radius 2 is 1.77 bits per heavy atom. The van der Waals surface area contributed by atoms with Gasteiger partial charge >= 0.3 is 5.69 Å². The van der Waals surface area contributed by atoms with Crippen molar-refractivity contribution in [3.8, 4) is 16.9 Å². The summed E-state index contributed by atoms with van der Waals surface area (Å²) in [4.78, 5) is 39.9. The lowest BCUT2D eigenvalue weighted by molar-refractivity contribution is -0.126. The van der Waals surface area contributed by atoms with E-state index >= 15 is 0 Å². The van der Waals surface area contributed by atoms with Crippen molar-refractivity contribution < 1.29 is 4.79 Å². The fourth-order valence-electron chi connectivity index (χ4n) is 5.66. The van der Waals surface area contributed by atoms with Crippen LogP contribution < -0.4 is 10.6 Å². The van der Waals surface area contributed by atoms with E-state index < -0.39 is 0 Å². The van der Waals surface area contributed by atoms with Crippen molar-refractivity contribution in [2.24, 2.45) is 0 Å². The van der Waals surface area contributed by atoms with Crippen LogP contribution in [0, 0.1) is 6.92 Å². The zero-order valence-electron chi connectivity index (χ0n) is 23.4. The number of anilines is 1. The number of carbonyl (C=O) groups is 1. The molecule has 1 fully saturated rings. The SMILES string of the molecule is C=CC(=O)N1CCN(c2nc(=O)n(-c3c(CC)cccc3CC)c3nc(-c4ccccc4C)c(Cl)cc23)[C@@H](C)C1.